The van der Waals surface area contributed by atoms with E-state index in [0.717, 1.165) is 25.7 Å². The SMILES string of the molecule is CCCCCCC(=O)Nc1ccc(NCc2ccc(OC(F)(F)F)cc2)c(F)c1. The van der Waals surface area contributed by atoms with E-state index in [1.54, 1.807) is 6.07 Å². The van der Waals surface area contributed by atoms with Crippen molar-refractivity contribution in [2.75, 3.05) is 10.6 Å². The van der Waals surface area contributed by atoms with Gasteiger partial charge in [-0.25, -0.2) is 4.39 Å². The first-order valence-corrected chi connectivity index (χ1v) is 9.45. The van der Waals surface area contributed by atoms with E-state index < -0.39 is 12.2 Å². The van der Waals surface area contributed by atoms with Crippen molar-refractivity contribution in [3.05, 3.63) is 53.8 Å². The Kier molecular flexibility index (Phi) is 8.30. The van der Waals surface area contributed by atoms with Crippen molar-refractivity contribution in [3.8, 4) is 5.75 Å². The molecule has 0 aliphatic rings. The first-order chi connectivity index (χ1) is 13.8. The number of carbonyl (C=O) groups excluding carboxylic acids is 1. The number of nitrogens with one attached hydrogen (secondary N) is 2. The second-order valence-corrected chi connectivity index (χ2v) is 6.60. The second kappa shape index (κ2) is 10.7. The van der Waals surface area contributed by atoms with Crippen LogP contribution in [0.4, 0.5) is 28.9 Å². The molecule has 0 heterocycles. The van der Waals surface area contributed by atoms with Crippen LogP contribution >= 0.6 is 0 Å². The van der Waals surface area contributed by atoms with Crippen molar-refractivity contribution in [2.45, 2.75) is 51.9 Å². The van der Waals surface area contributed by atoms with Crippen molar-refractivity contribution in [1.29, 1.82) is 0 Å². The van der Waals surface area contributed by atoms with Crippen LogP contribution in [0.25, 0.3) is 0 Å². The highest BCUT2D eigenvalue weighted by Crippen LogP contribution is 2.24. The van der Waals surface area contributed by atoms with E-state index >= 15 is 0 Å². The van der Waals surface area contributed by atoms with Crippen molar-refractivity contribution in [3.63, 3.8) is 0 Å². The van der Waals surface area contributed by atoms with Crippen molar-refractivity contribution in [1.82, 2.24) is 0 Å². The van der Waals surface area contributed by atoms with Gasteiger partial charge in [0.05, 0.1) is 5.69 Å². The van der Waals surface area contributed by atoms with Crippen LogP contribution in [0.2, 0.25) is 0 Å². The van der Waals surface area contributed by atoms with Crippen LogP contribution in [0.1, 0.15) is 44.6 Å². The van der Waals surface area contributed by atoms with Crippen LogP contribution in [0.15, 0.2) is 42.5 Å². The lowest BCUT2D eigenvalue weighted by Gasteiger charge is -2.11. The fraction of sp³-hybridized carbons (Fsp3) is 0.381. The monoisotopic (exact) mass is 412 g/mol. The largest absolute Gasteiger partial charge is 0.573 e. The van der Waals surface area contributed by atoms with E-state index in [1.807, 2.05) is 0 Å². The maximum absolute atomic E-state index is 14.2. The Hall–Kier alpha value is -2.77. The highest BCUT2D eigenvalue weighted by molar-refractivity contribution is 5.90. The van der Waals surface area contributed by atoms with Crippen molar-refractivity contribution >= 4 is 17.3 Å². The van der Waals surface area contributed by atoms with Gasteiger partial charge in [0.1, 0.15) is 11.6 Å². The molecule has 2 aromatic carbocycles. The Morgan fingerprint density at radius 1 is 1.03 bits per heavy atom. The fourth-order valence-electron chi connectivity index (χ4n) is 2.68. The molecule has 158 valence electrons. The number of hydrogen-bond acceptors (Lipinski definition) is 3. The molecule has 0 aliphatic carbocycles. The molecule has 29 heavy (non-hydrogen) atoms. The van der Waals surface area contributed by atoms with E-state index in [2.05, 4.69) is 22.3 Å². The number of benzene rings is 2. The number of alkyl halides is 3. The maximum atomic E-state index is 14.2. The average Bonchev–Trinajstić information content (AvgIpc) is 2.64. The normalized spacial score (nSPS) is 11.2. The van der Waals surface area contributed by atoms with Crippen LogP contribution in [0, 0.1) is 5.82 Å². The molecule has 2 aromatic rings. The Labute approximate surface area is 167 Å². The molecule has 0 unspecified atom stereocenters. The third-order valence-corrected chi connectivity index (χ3v) is 4.15. The van der Waals surface area contributed by atoms with Gasteiger partial charge in [-0.05, 0) is 42.3 Å². The molecule has 0 saturated carbocycles. The smallest absolute Gasteiger partial charge is 0.406 e. The van der Waals surface area contributed by atoms with E-state index in [9.17, 15) is 22.4 Å². The fourth-order valence-corrected chi connectivity index (χ4v) is 2.68. The maximum Gasteiger partial charge on any atom is 0.573 e. The predicted octanol–water partition coefficient (Wildman–Crippen LogP) is 6.25. The number of amides is 1. The lowest BCUT2D eigenvalue weighted by Crippen LogP contribution is -2.17. The summed E-state index contributed by atoms with van der Waals surface area (Å²) in [7, 11) is 0. The van der Waals surface area contributed by atoms with E-state index in [-0.39, 0.29) is 23.9 Å². The van der Waals surface area contributed by atoms with Gasteiger partial charge in [0, 0.05) is 18.7 Å². The predicted molar refractivity (Wildman–Crippen MR) is 104 cm³/mol. The van der Waals surface area contributed by atoms with Gasteiger partial charge in [0.15, 0.2) is 0 Å². The highest BCUT2D eigenvalue weighted by Gasteiger charge is 2.30. The average molecular weight is 412 g/mol. The van der Waals surface area contributed by atoms with Crippen LogP contribution < -0.4 is 15.4 Å². The molecule has 4 nitrogen and oxygen atoms in total. The minimum atomic E-state index is -4.74. The first-order valence-electron chi connectivity index (χ1n) is 9.45. The minimum absolute atomic E-state index is 0.151. The minimum Gasteiger partial charge on any atom is -0.406 e. The molecule has 0 fully saturated rings. The van der Waals surface area contributed by atoms with Crippen LogP contribution in [0.5, 0.6) is 5.75 Å². The molecule has 0 aromatic heterocycles. The molecular weight excluding hydrogens is 388 g/mol. The van der Waals surface area contributed by atoms with E-state index in [1.165, 1.54) is 36.4 Å². The number of anilines is 2. The Bertz CT molecular complexity index is 792. The van der Waals surface area contributed by atoms with Gasteiger partial charge in [0.25, 0.3) is 0 Å². The summed E-state index contributed by atoms with van der Waals surface area (Å²) in [5, 5.41) is 5.55. The summed E-state index contributed by atoms with van der Waals surface area (Å²) < 4.78 is 54.5. The number of hydrogen-bond donors (Lipinski definition) is 2. The Balaban J connectivity index is 1.85. The summed E-state index contributed by atoms with van der Waals surface area (Å²) in [6, 6.07) is 9.63. The molecule has 0 atom stereocenters. The lowest BCUT2D eigenvalue weighted by atomic mass is 10.1. The topological polar surface area (TPSA) is 50.4 Å². The Morgan fingerprint density at radius 3 is 2.38 bits per heavy atom. The summed E-state index contributed by atoms with van der Waals surface area (Å²) >= 11 is 0. The molecule has 2 rings (SSSR count). The van der Waals surface area contributed by atoms with Crippen molar-refractivity contribution in [2.24, 2.45) is 0 Å². The molecule has 0 bridgehead atoms. The zero-order chi connectivity index (χ0) is 21.3. The summed E-state index contributed by atoms with van der Waals surface area (Å²) in [4.78, 5) is 11.9. The van der Waals surface area contributed by atoms with Crippen LogP contribution in [-0.2, 0) is 11.3 Å². The number of halogens is 4. The summed E-state index contributed by atoms with van der Waals surface area (Å²) in [6.45, 7) is 2.31. The molecule has 0 radical (unpaired) electrons. The highest BCUT2D eigenvalue weighted by atomic mass is 19.4. The summed E-state index contributed by atoms with van der Waals surface area (Å²) in [5.41, 5.74) is 1.26. The number of carbonyl (C=O) groups is 1. The standard InChI is InChI=1S/C21H24F4N2O2/c1-2-3-4-5-6-20(28)27-16-9-12-19(18(22)13-16)26-14-15-7-10-17(11-8-15)29-21(23,24)25/h7-13,26H,2-6,14H2,1H3,(H,27,28). The molecule has 1 amide bonds. The molecule has 0 aliphatic heterocycles. The number of ether oxygens (including phenoxy) is 1. The quantitative estimate of drug-likeness (QED) is 0.358. The second-order valence-electron chi connectivity index (χ2n) is 6.60. The third kappa shape index (κ3) is 8.41. The summed E-state index contributed by atoms with van der Waals surface area (Å²) in [6.07, 6.45) is -0.378. The van der Waals surface area contributed by atoms with Crippen LogP contribution in [0.3, 0.4) is 0 Å². The van der Waals surface area contributed by atoms with Gasteiger partial charge in [-0.3, -0.25) is 4.79 Å². The summed E-state index contributed by atoms with van der Waals surface area (Å²) in [5.74, 6) is -1.00. The van der Waals surface area contributed by atoms with Gasteiger partial charge < -0.3 is 15.4 Å². The Morgan fingerprint density at radius 2 is 1.76 bits per heavy atom. The third-order valence-electron chi connectivity index (χ3n) is 4.15. The van der Waals surface area contributed by atoms with Gasteiger partial charge in [-0.1, -0.05) is 38.3 Å². The zero-order valence-electron chi connectivity index (χ0n) is 16.1. The van der Waals surface area contributed by atoms with Gasteiger partial charge >= 0.3 is 6.36 Å². The number of rotatable bonds is 10. The molecule has 0 saturated heterocycles. The van der Waals surface area contributed by atoms with E-state index in [0.29, 0.717) is 17.7 Å². The first kappa shape index (κ1) is 22.5. The molecule has 2 N–H and O–H groups in total. The van der Waals surface area contributed by atoms with Crippen LogP contribution in [-0.4, -0.2) is 12.3 Å². The number of unbranched alkanes of at least 4 members (excludes halogenated alkanes) is 3. The molecule has 0 spiro atoms. The molecular formula is C21H24F4N2O2. The molecule has 8 heteroatoms. The van der Waals surface area contributed by atoms with Gasteiger partial charge in [-0.15, -0.1) is 13.2 Å². The van der Waals surface area contributed by atoms with E-state index in [4.69, 9.17) is 0 Å². The van der Waals surface area contributed by atoms with Gasteiger partial charge in [0.2, 0.25) is 5.91 Å². The van der Waals surface area contributed by atoms with Gasteiger partial charge in [-0.2, -0.15) is 0 Å². The van der Waals surface area contributed by atoms with Crippen molar-refractivity contribution < 1.29 is 27.1 Å². The lowest BCUT2D eigenvalue weighted by molar-refractivity contribution is -0.274. The zero-order valence-corrected chi connectivity index (χ0v) is 16.1.